The fourth-order valence-electron chi connectivity index (χ4n) is 3.18. The molecule has 0 heterocycles. The Labute approximate surface area is 183 Å². The lowest BCUT2D eigenvalue weighted by atomic mass is 10.1. The quantitative estimate of drug-likeness (QED) is 0.180. The van der Waals surface area contributed by atoms with Crippen LogP contribution in [0.5, 0.6) is 0 Å². The van der Waals surface area contributed by atoms with E-state index in [2.05, 4.69) is 31.3 Å². The summed E-state index contributed by atoms with van der Waals surface area (Å²) in [5.41, 5.74) is 0. The molecule has 0 aromatic heterocycles. The Kier molecular flexibility index (Phi) is 26.4. The molecule has 0 radical (unpaired) electrons. The maximum atomic E-state index is 10.5. The number of aliphatic hydroxyl groups excluding tert-OH is 1. The number of carbonyl (C=O) groups excluding carboxylic acids is 1. The molecular weight excluding hydrogens is 358 g/mol. The first-order valence-electron chi connectivity index (χ1n) is 12.5. The fraction of sp³-hybridized carbons (Fsp3) is 0.885. The van der Waals surface area contributed by atoms with E-state index in [9.17, 15) is 4.79 Å². The summed E-state index contributed by atoms with van der Waals surface area (Å²) in [6.45, 7) is 9.94. The molecule has 0 saturated heterocycles. The zero-order chi connectivity index (χ0) is 22.2. The average Bonchev–Trinajstić information content (AvgIpc) is 2.69. The lowest BCUT2D eigenvalue weighted by molar-refractivity contribution is -0.120. The summed E-state index contributed by atoms with van der Waals surface area (Å²) < 4.78 is 0. The molecule has 3 nitrogen and oxygen atoms in total. The number of allylic oxidation sites excluding steroid dienone is 2. The highest BCUT2D eigenvalue weighted by Crippen LogP contribution is 2.10. The highest BCUT2D eigenvalue weighted by molar-refractivity contribution is 5.73. The first-order chi connectivity index (χ1) is 14.0. The summed E-state index contributed by atoms with van der Waals surface area (Å²) in [5, 5.41) is 11.4. The molecule has 0 bridgehead atoms. The van der Waals surface area contributed by atoms with Gasteiger partial charge >= 0.3 is 0 Å². The van der Waals surface area contributed by atoms with Gasteiger partial charge in [0, 0.05) is 6.92 Å². The Hall–Kier alpha value is -0.830. The van der Waals surface area contributed by atoms with Gasteiger partial charge in [-0.15, -0.1) is 0 Å². The van der Waals surface area contributed by atoms with Gasteiger partial charge in [0.1, 0.15) is 0 Å². The van der Waals surface area contributed by atoms with Gasteiger partial charge in [-0.25, -0.2) is 0 Å². The van der Waals surface area contributed by atoms with E-state index in [4.69, 9.17) is 5.11 Å². The summed E-state index contributed by atoms with van der Waals surface area (Å²) in [7, 11) is 0. The first kappa shape index (κ1) is 30.4. The maximum Gasteiger partial charge on any atom is 0.217 e. The molecule has 0 aliphatic carbocycles. The molecule has 0 fully saturated rings. The van der Waals surface area contributed by atoms with Crippen LogP contribution in [-0.2, 0) is 4.79 Å². The summed E-state index contributed by atoms with van der Waals surface area (Å²) >= 11 is 0. The lowest BCUT2D eigenvalue weighted by Crippen LogP contribution is -2.39. The van der Waals surface area contributed by atoms with Gasteiger partial charge in [-0.2, -0.15) is 0 Å². The largest absolute Gasteiger partial charge is 0.394 e. The van der Waals surface area contributed by atoms with Crippen molar-refractivity contribution in [3.63, 3.8) is 0 Å². The Balaban J connectivity index is 0. The van der Waals surface area contributed by atoms with Crippen LogP contribution in [0, 0.1) is 5.92 Å². The maximum absolute atomic E-state index is 10.5. The van der Waals surface area contributed by atoms with Gasteiger partial charge in [0.15, 0.2) is 0 Å². The van der Waals surface area contributed by atoms with E-state index < -0.39 is 0 Å². The molecular formula is C26H53NO2. The molecule has 1 atom stereocenters. The molecule has 0 aliphatic rings. The minimum absolute atomic E-state index is 0.0112. The van der Waals surface area contributed by atoms with Crippen LogP contribution >= 0.6 is 0 Å². The van der Waals surface area contributed by atoms with Crippen molar-refractivity contribution in [3.05, 3.63) is 12.2 Å². The van der Waals surface area contributed by atoms with Gasteiger partial charge in [-0.1, -0.05) is 110 Å². The molecule has 29 heavy (non-hydrogen) atoms. The van der Waals surface area contributed by atoms with Gasteiger partial charge in [0.05, 0.1) is 12.6 Å². The summed E-state index contributed by atoms with van der Waals surface area (Å²) in [5.74, 6) is 0.196. The van der Waals surface area contributed by atoms with Gasteiger partial charge in [0.2, 0.25) is 5.91 Å². The molecule has 0 aromatic carbocycles. The minimum Gasteiger partial charge on any atom is -0.394 e. The number of unbranched alkanes of at least 4 members (excludes halogenated alkanes) is 13. The molecule has 2 N–H and O–H groups in total. The molecule has 0 unspecified atom stereocenters. The van der Waals surface area contributed by atoms with Crippen molar-refractivity contribution in [2.24, 2.45) is 5.92 Å². The van der Waals surface area contributed by atoms with E-state index in [0.29, 0.717) is 0 Å². The van der Waals surface area contributed by atoms with Crippen LogP contribution in [-0.4, -0.2) is 23.7 Å². The number of nitrogens with one attached hydrogen (secondary N) is 1. The predicted molar refractivity (Wildman–Crippen MR) is 129 cm³/mol. The highest BCUT2D eigenvalue weighted by atomic mass is 16.3. The standard InChI is InChI=1S/C19H38.C7H15NO2/c1-3-5-7-9-11-13-15-17-19-18-16-14-12-10-8-6-4-2;1-5(2)7(4-9)8-6(3)10/h17,19H,3-16,18H2,1-2H3;5,7,9H,4H2,1-3H3,(H,8,10)/b19-17-;/t;7-/m.1/s1. The number of hydrogen-bond donors (Lipinski definition) is 2. The number of hydrogen-bond acceptors (Lipinski definition) is 2. The van der Waals surface area contributed by atoms with Crippen LogP contribution in [0.3, 0.4) is 0 Å². The summed E-state index contributed by atoms with van der Waals surface area (Å²) in [6, 6.07) is -0.0995. The zero-order valence-electron chi connectivity index (χ0n) is 20.5. The normalized spacial score (nSPS) is 12.1. The molecule has 0 aliphatic heterocycles. The summed E-state index contributed by atoms with van der Waals surface area (Å²) in [4.78, 5) is 10.5. The SMILES string of the molecule is CC(=O)N[C@H](CO)C(C)C.CCCCCCCC/C=C\CCCCCCCCC. The first-order valence-corrected chi connectivity index (χ1v) is 12.5. The van der Waals surface area contributed by atoms with E-state index in [1.54, 1.807) is 0 Å². The Bertz CT molecular complexity index is 353. The van der Waals surface area contributed by atoms with E-state index in [1.165, 1.54) is 103 Å². The number of aliphatic hydroxyl groups is 1. The Morgan fingerprint density at radius 2 is 1.14 bits per heavy atom. The molecule has 174 valence electrons. The van der Waals surface area contributed by atoms with Gasteiger partial charge < -0.3 is 10.4 Å². The van der Waals surface area contributed by atoms with E-state index in [0.717, 1.165) is 0 Å². The van der Waals surface area contributed by atoms with Gasteiger partial charge in [-0.05, 0) is 31.6 Å². The third-order valence-corrected chi connectivity index (χ3v) is 5.26. The van der Waals surface area contributed by atoms with Crippen LogP contribution in [0.1, 0.15) is 131 Å². The van der Waals surface area contributed by atoms with Crippen molar-refractivity contribution in [2.75, 3.05) is 6.61 Å². The third-order valence-electron chi connectivity index (χ3n) is 5.26. The molecule has 3 heteroatoms. The van der Waals surface area contributed by atoms with Crippen LogP contribution in [0.2, 0.25) is 0 Å². The van der Waals surface area contributed by atoms with Gasteiger partial charge in [0.25, 0.3) is 0 Å². The van der Waals surface area contributed by atoms with Crippen LogP contribution < -0.4 is 5.32 Å². The van der Waals surface area contributed by atoms with Crippen LogP contribution in [0.25, 0.3) is 0 Å². The lowest BCUT2D eigenvalue weighted by Gasteiger charge is -2.18. The van der Waals surface area contributed by atoms with E-state index in [1.807, 2.05) is 13.8 Å². The summed E-state index contributed by atoms with van der Waals surface area (Å²) in [6.07, 6.45) is 25.9. The van der Waals surface area contributed by atoms with E-state index >= 15 is 0 Å². The van der Waals surface area contributed by atoms with Crippen molar-refractivity contribution >= 4 is 5.91 Å². The minimum atomic E-state index is -0.0995. The van der Waals surface area contributed by atoms with Crippen molar-refractivity contribution in [2.45, 2.75) is 137 Å². The molecule has 0 spiro atoms. The monoisotopic (exact) mass is 411 g/mol. The molecule has 0 rings (SSSR count). The smallest absolute Gasteiger partial charge is 0.217 e. The van der Waals surface area contributed by atoms with E-state index in [-0.39, 0.29) is 24.5 Å². The number of rotatable bonds is 18. The Morgan fingerprint density at radius 3 is 1.41 bits per heavy atom. The molecule has 1 amide bonds. The number of carbonyl (C=O) groups is 1. The average molecular weight is 412 g/mol. The topological polar surface area (TPSA) is 49.3 Å². The fourth-order valence-corrected chi connectivity index (χ4v) is 3.18. The third kappa shape index (κ3) is 27.2. The number of amides is 1. The highest BCUT2D eigenvalue weighted by Gasteiger charge is 2.11. The predicted octanol–water partition coefficient (Wildman–Crippen LogP) is 7.57. The van der Waals surface area contributed by atoms with Crippen LogP contribution in [0.15, 0.2) is 12.2 Å². The van der Waals surface area contributed by atoms with Crippen molar-refractivity contribution in [1.29, 1.82) is 0 Å². The van der Waals surface area contributed by atoms with Crippen LogP contribution in [0.4, 0.5) is 0 Å². The van der Waals surface area contributed by atoms with Crippen molar-refractivity contribution in [1.82, 2.24) is 5.32 Å². The zero-order valence-corrected chi connectivity index (χ0v) is 20.5. The molecule has 0 aromatic rings. The van der Waals surface area contributed by atoms with Crippen molar-refractivity contribution < 1.29 is 9.90 Å². The second-order valence-electron chi connectivity index (χ2n) is 8.67. The van der Waals surface area contributed by atoms with Crippen molar-refractivity contribution in [3.8, 4) is 0 Å². The second-order valence-corrected chi connectivity index (χ2v) is 8.67. The molecule has 0 saturated carbocycles. The Morgan fingerprint density at radius 1 is 0.759 bits per heavy atom. The second kappa shape index (κ2) is 25.2. The van der Waals surface area contributed by atoms with Gasteiger partial charge in [-0.3, -0.25) is 4.79 Å².